The fraction of sp³-hybridized carbons (Fsp3) is 0.320. The Morgan fingerprint density at radius 3 is 2.89 bits per heavy atom. The van der Waals surface area contributed by atoms with Gasteiger partial charge in [-0.2, -0.15) is 0 Å². The van der Waals surface area contributed by atoms with Gasteiger partial charge in [0.25, 0.3) is 5.91 Å². The number of fused-ring (bicyclic) bond motifs is 1. The minimum absolute atomic E-state index is 0.248. The number of hydrogen-bond donors (Lipinski definition) is 3. The molecular weight excluding hydrogens is 487 g/mol. The molecule has 3 aromatic rings. The molecule has 1 amide bonds. The maximum atomic E-state index is 14.6. The van der Waals surface area contributed by atoms with Crippen LogP contribution in [0.25, 0.3) is 11.3 Å². The van der Waals surface area contributed by atoms with Crippen molar-refractivity contribution < 1.29 is 18.7 Å². The van der Waals surface area contributed by atoms with Crippen molar-refractivity contribution >= 4 is 34.7 Å². The highest BCUT2D eigenvalue weighted by Crippen LogP contribution is 2.40. The number of morpholine rings is 1. The standard InChI is InChI=1S/C25H26ClFN6O3/c26-16-1-2-19(27)17(13-16)21-14-22(23-24(32-21)29-6-10-36-23)31-20-3-4-28-15-18(20)25(34)30-5-7-33-8-11-35-12-9-33/h1-4,13-15H,5-12H2,(H,30,34)(H2,28,29,31,32). The number of ether oxygens (including phenoxy) is 2. The van der Waals surface area contributed by atoms with Crippen molar-refractivity contribution in [2.24, 2.45) is 0 Å². The van der Waals surface area contributed by atoms with Gasteiger partial charge >= 0.3 is 0 Å². The summed E-state index contributed by atoms with van der Waals surface area (Å²) in [6.45, 7) is 5.37. The second-order valence-corrected chi connectivity index (χ2v) is 8.82. The molecule has 36 heavy (non-hydrogen) atoms. The Kier molecular flexibility index (Phi) is 7.45. The number of halogens is 2. The van der Waals surface area contributed by atoms with Crippen LogP contribution in [-0.2, 0) is 4.74 Å². The average molecular weight is 513 g/mol. The van der Waals surface area contributed by atoms with Gasteiger partial charge in [-0.05, 0) is 30.3 Å². The molecule has 1 saturated heterocycles. The van der Waals surface area contributed by atoms with Crippen LogP contribution in [-0.4, -0.2) is 73.3 Å². The van der Waals surface area contributed by atoms with Gasteiger partial charge in [-0.1, -0.05) is 11.6 Å². The summed E-state index contributed by atoms with van der Waals surface area (Å²) in [7, 11) is 0. The lowest BCUT2D eigenvalue weighted by molar-refractivity contribution is 0.0383. The van der Waals surface area contributed by atoms with Crippen LogP contribution in [0.1, 0.15) is 10.4 Å². The van der Waals surface area contributed by atoms with Crippen LogP contribution in [0.4, 0.5) is 21.6 Å². The van der Waals surface area contributed by atoms with Crippen LogP contribution in [0.2, 0.25) is 5.02 Å². The third kappa shape index (κ3) is 5.51. The summed E-state index contributed by atoms with van der Waals surface area (Å²) >= 11 is 6.12. The topological polar surface area (TPSA) is 101 Å². The van der Waals surface area contributed by atoms with E-state index in [-0.39, 0.29) is 11.5 Å². The van der Waals surface area contributed by atoms with E-state index in [0.717, 1.165) is 19.6 Å². The SMILES string of the molecule is O=C(NCCN1CCOCC1)c1cnccc1Nc1cc(-c2cc(Cl)ccc2F)nc2c1OCCN2. The molecule has 4 heterocycles. The number of amides is 1. The predicted molar refractivity (Wildman–Crippen MR) is 136 cm³/mol. The first-order chi connectivity index (χ1) is 17.6. The Bertz CT molecular complexity index is 1250. The lowest BCUT2D eigenvalue weighted by Gasteiger charge is -2.26. The monoisotopic (exact) mass is 512 g/mol. The third-order valence-corrected chi connectivity index (χ3v) is 6.21. The van der Waals surface area contributed by atoms with Crippen molar-refractivity contribution in [3.05, 3.63) is 59.1 Å². The highest BCUT2D eigenvalue weighted by Gasteiger charge is 2.22. The smallest absolute Gasteiger partial charge is 0.255 e. The van der Waals surface area contributed by atoms with Gasteiger partial charge in [-0.3, -0.25) is 14.7 Å². The minimum atomic E-state index is -0.446. The summed E-state index contributed by atoms with van der Waals surface area (Å²) in [6, 6.07) is 7.71. The summed E-state index contributed by atoms with van der Waals surface area (Å²) in [5.74, 6) is 0.273. The average Bonchev–Trinajstić information content (AvgIpc) is 2.91. The van der Waals surface area contributed by atoms with Gasteiger partial charge in [0.15, 0.2) is 11.6 Å². The number of carbonyl (C=O) groups is 1. The molecular formula is C25H26ClFN6O3. The van der Waals surface area contributed by atoms with E-state index >= 15 is 0 Å². The van der Waals surface area contributed by atoms with E-state index < -0.39 is 5.82 Å². The number of benzene rings is 1. The second kappa shape index (κ2) is 11.1. The summed E-state index contributed by atoms with van der Waals surface area (Å²) in [6.07, 6.45) is 3.10. The van der Waals surface area contributed by atoms with E-state index in [1.54, 1.807) is 18.3 Å². The molecule has 2 aliphatic rings. The van der Waals surface area contributed by atoms with E-state index in [1.807, 2.05) is 0 Å². The van der Waals surface area contributed by atoms with Gasteiger partial charge in [0.05, 0.1) is 42.4 Å². The molecule has 9 nitrogen and oxygen atoms in total. The fourth-order valence-corrected chi connectivity index (χ4v) is 4.30. The number of aromatic nitrogens is 2. The highest BCUT2D eigenvalue weighted by atomic mass is 35.5. The van der Waals surface area contributed by atoms with Crippen LogP contribution in [0.5, 0.6) is 5.75 Å². The molecule has 0 radical (unpaired) electrons. The van der Waals surface area contributed by atoms with Gasteiger partial charge in [-0.15, -0.1) is 0 Å². The van der Waals surface area contributed by atoms with E-state index in [1.165, 1.54) is 24.4 Å². The van der Waals surface area contributed by atoms with Crippen molar-refractivity contribution in [1.82, 2.24) is 20.2 Å². The summed E-state index contributed by atoms with van der Waals surface area (Å²) in [4.78, 5) is 23.9. The Morgan fingerprint density at radius 2 is 2.03 bits per heavy atom. The van der Waals surface area contributed by atoms with Gasteiger partial charge in [0.1, 0.15) is 12.4 Å². The van der Waals surface area contributed by atoms with E-state index in [2.05, 4.69) is 30.8 Å². The minimum Gasteiger partial charge on any atom is -0.486 e. The Hall–Kier alpha value is -3.47. The van der Waals surface area contributed by atoms with Crippen LogP contribution < -0.4 is 20.7 Å². The van der Waals surface area contributed by atoms with Crippen molar-refractivity contribution in [3.63, 3.8) is 0 Å². The first-order valence-electron chi connectivity index (χ1n) is 11.7. The van der Waals surface area contributed by atoms with E-state index in [4.69, 9.17) is 21.1 Å². The zero-order chi connectivity index (χ0) is 24.9. The summed E-state index contributed by atoms with van der Waals surface area (Å²) in [5.41, 5.74) is 2.09. The molecule has 3 N–H and O–H groups in total. The molecule has 1 fully saturated rings. The maximum absolute atomic E-state index is 14.6. The predicted octanol–water partition coefficient (Wildman–Crippen LogP) is 3.55. The molecule has 2 aromatic heterocycles. The van der Waals surface area contributed by atoms with Crippen molar-refractivity contribution in [3.8, 4) is 17.0 Å². The first kappa shape index (κ1) is 24.2. The van der Waals surface area contributed by atoms with E-state index in [9.17, 15) is 9.18 Å². The molecule has 5 rings (SSSR count). The van der Waals surface area contributed by atoms with Crippen LogP contribution in [0, 0.1) is 5.82 Å². The number of hydrogen-bond acceptors (Lipinski definition) is 8. The van der Waals surface area contributed by atoms with Crippen LogP contribution in [0.3, 0.4) is 0 Å². The molecule has 0 atom stereocenters. The summed E-state index contributed by atoms with van der Waals surface area (Å²) in [5, 5.41) is 9.83. The first-order valence-corrected chi connectivity index (χ1v) is 12.1. The van der Waals surface area contributed by atoms with Gasteiger partial charge in [-0.25, -0.2) is 9.37 Å². The van der Waals surface area contributed by atoms with Crippen LogP contribution >= 0.6 is 11.6 Å². The van der Waals surface area contributed by atoms with Crippen LogP contribution in [0.15, 0.2) is 42.7 Å². The molecule has 0 aliphatic carbocycles. The molecule has 2 aliphatic heterocycles. The van der Waals surface area contributed by atoms with Gasteiger partial charge < -0.3 is 25.4 Å². The van der Waals surface area contributed by atoms with Crippen molar-refractivity contribution in [2.45, 2.75) is 0 Å². The number of nitrogens with zero attached hydrogens (tertiary/aromatic N) is 3. The Balaban J connectivity index is 1.40. The normalized spacial score (nSPS) is 15.4. The molecule has 0 bridgehead atoms. The number of carbonyl (C=O) groups excluding carboxylic acids is 1. The van der Waals surface area contributed by atoms with Crippen molar-refractivity contribution in [1.29, 1.82) is 0 Å². The zero-order valence-corrected chi connectivity index (χ0v) is 20.3. The second-order valence-electron chi connectivity index (χ2n) is 8.39. The molecule has 188 valence electrons. The Labute approximate surface area is 213 Å². The molecule has 0 unspecified atom stereocenters. The van der Waals surface area contributed by atoms with E-state index in [0.29, 0.717) is 72.1 Å². The lowest BCUT2D eigenvalue weighted by atomic mass is 10.1. The zero-order valence-electron chi connectivity index (χ0n) is 19.5. The molecule has 11 heteroatoms. The Morgan fingerprint density at radius 1 is 1.17 bits per heavy atom. The number of anilines is 3. The van der Waals surface area contributed by atoms with Gasteiger partial charge in [0, 0.05) is 49.2 Å². The highest BCUT2D eigenvalue weighted by molar-refractivity contribution is 6.30. The maximum Gasteiger partial charge on any atom is 0.255 e. The summed E-state index contributed by atoms with van der Waals surface area (Å²) < 4.78 is 25.9. The molecule has 1 aromatic carbocycles. The number of nitrogens with one attached hydrogen (secondary N) is 3. The fourth-order valence-electron chi connectivity index (χ4n) is 4.12. The third-order valence-electron chi connectivity index (χ3n) is 5.97. The quantitative estimate of drug-likeness (QED) is 0.442. The number of pyridine rings is 2. The largest absolute Gasteiger partial charge is 0.486 e. The molecule has 0 saturated carbocycles. The lowest BCUT2D eigenvalue weighted by Crippen LogP contribution is -2.41. The molecule has 0 spiro atoms. The number of rotatable bonds is 7. The van der Waals surface area contributed by atoms with Gasteiger partial charge in [0.2, 0.25) is 0 Å². The van der Waals surface area contributed by atoms with Crippen molar-refractivity contribution in [2.75, 3.05) is 63.2 Å².